The van der Waals surface area contributed by atoms with Crippen molar-refractivity contribution in [2.75, 3.05) is 5.32 Å². The van der Waals surface area contributed by atoms with E-state index in [4.69, 9.17) is 0 Å². The average Bonchev–Trinajstić information content (AvgIpc) is 2.58. The number of hydrogen-bond donors (Lipinski definition) is 1. The van der Waals surface area contributed by atoms with Gasteiger partial charge in [0, 0.05) is 17.7 Å². The maximum absolute atomic E-state index is 11.6. The van der Waals surface area contributed by atoms with Crippen molar-refractivity contribution in [2.24, 2.45) is 0 Å². The van der Waals surface area contributed by atoms with Crippen LogP contribution in [0.3, 0.4) is 0 Å². The lowest BCUT2D eigenvalue weighted by atomic mass is 9.90. The van der Waals surface area contributed by atoms with Gasteiger partial charge in [0.25, 0.3) is 0 Å². The zero-order chi connectivity index (χ0) is 12.4. The molecule has 2 nitrogen and oxygen atoms in total. The molecule has 1 amide bonds. The number of nitrogens with one attached hydrogen (secondary N) is 1. The largest absolute Gasteiger partial charge is 0.322 e. The van der Waals surface area contributed by atoms with Crippen molar-refractivity contribution < 1.29 is 4.79 Å². The van der Waals surface area contributed by atoms with E-state index < -0.39 is 0 Å². The number of carbonyl (C=O) groups is 1. The standard InChI is InChI=1S/C16H13NO/c18-16-11-10-13(12-6-2-1-3-7-12)14-8-4-5-9-15(14)17-16/h1-11,13H,(H,17,18). The molecule has 0 bridgehead atoms. The number of benzene rings is 2. The second-order valence-corrected chi connectivity index (χ2v) is 4.32. The number of fused-ring (bicyclic) bond motifs is 1. The van der Waals surface area contributed by atoms with Gasteiger partial charge < -0.3 is 5.32 Å². The van der Waals surface area contributed by atoms with Gasteiger partial charge in [0.2, 0.25) is 5.91 Å². The molecule has 0 saturated carbocycles. The molecule has 88 valence electrons. The van der Waals surface area contributed by atoms with E-state index >= 15 is 0 Å². The Morgan fingerprint density at radius 2 is 1.61 bits per heavy atom. The van der Waals surface area contributed by atoms with Gasteiger partial charge in [-0.3, -0.25) is 4.79 Å². The molecule has 0 aromatic heterocycles. The van der Waals surface area contributed by atoms with Crippen molar-refractivity contribution in [1.29, 1.82) is 0 Å². The molecule has 0 saturated heterocycles. The highest BCUT2D eigenvalue weighted by molar-refractivity contribution is 6.01. The normalized spacial score (nSPS) is 17.8. The van der Waals surface area contributed by atoms with Crippen molar-refractivity contribution >= 4 is 11.6 Å². The van der Waals surface area contributed by atoms with Crippen LogP contribution in [0.1, 0.15) is 17.0 Å². The van der Waals surface area contributed by atoms with E-state index in [1.54, 1.807) is 6.08 Å². The number of rotatable bonds is 1. The maximum Gasteiger partial charge on any atom is 0.248 e. The highest BCUT2D eigenvalue weighted by atomic mass is 16.1. The molecule has 2 aromatic carbocycles. The first kappa shape index (κ1) is 10.8. The van der Waals surface area contributed by atoms with Gasteiger partial charge in [0.1, 0.15) is 0 Å². The maximum atomic E-state index is 11.6. The Balaban J connectivity index is 2.14. The Labute approximate surface area is 106 Å². The summed E-state index contributed by atoms with van der Waals surface area (Å²) in [5.41, 5.74) is 3.21. The molecule has 0 aliphatic carbocycles. The predicted molar refractivity (Wildman–Crippen MR) is 72.5 cm³/mol. The van der Waals surface area contributed by atoms with Crippen LogP contribution in [0.5, 0.6) is 0 Å². The fourth-order valence-electron chi connectivity index (χ4n) is 2.29. The minimum atomic E-state index is -0.0686. The molecule has 0 spiro atoms. The van der Waals surface area contributed by atoms with Gasteiger partial charge in [-0.25, -0.2) is 0 Å². The first-order valence-electron chi connectivity index (χ1n) is 5.97. The molecule has 18 heavy (non-hydrogen) atoms. The minimum absolute atomic E-state index is 0.0686. The third-order valence-electron chi connectivity index (χ3n) is 3.15. The van der Waals surface area contributed by atoms with Gasteiger partial charge in [-0.05, 0) is 17.2 Å². The summed E-state index contributed by atoms with van der Waals surface area (Å²) in [6, 6.07) is 18.1. The van der Waals surface area contributed by atoms with Crippen molar-refractivity contribution in [1.82, 2.24) is 0 Å². The monoisotopic (exact) mass is 235 g/mol. The van der Waals surface area contributed by atoms with Crippen LogP contribution in [0.15, 0.2) is 66.7 Å². The number of amides is 1. The van der Waals surface area contributed by atoms with Gasteiger partial charge in [-0.2, -0.15) is 0 Å². The van der Waals surface area contributed by atoms with Gasteiger partial charge >= 0.3 is 0 Å². The molecule has 0 radical (unpaired) electrons. The minimum Gasteiger partial charge on any atom is -0.322 e. The molecule has 0 fully saturated rings. The molecular formula is C16H13NO. The first-order valence-corrected chi connectivity index (χ1v) is 5.97. The summed E-state index contributed by atoms with van der Waals surface area (Å²) >= 11 is 0. The van der Waals surface area contributed by atoms with Crippen LogP contribution in [0.4, 0.5) is 5.69 Å². The van der Waals surface area contributed by atoms with Gasteiger partial charge in [0.15, 0.2) is 0 Å². The predicted octanol–water partition coefficient (Wildman–Crippen LogP) is 3.33. The highest BCUT2D eigenvalue weighted by Crippen LogP contribution is 2.33. The Kier molecular flexibility index (Phi) is 2.69. The zero-order valence-electron chi connectivity index (χ0n) is 9.84. The van der Waals surface area contributed by atoms with Gasteiger partial charge in [-0.1, -0.05) is 54.6 Å². The zero-order valence-corrected chi connectivity index (χ0v) is 9.84. The van der Waals surface area contributed by atoms with Crippen molar-refractivity contribution in [2.45, 2.75) is 5.92 Å². The molecule has 1 aliphatic rings. The summed E-state index contributed by atoms with van der Waals surface area (Å²) in [5.74, 6) is 0.0576. The first-order chi connectivity index (χ1) is 8.84. The third-order valence-corrected chi connectivity index (χ3v) is 3.15. The van der Waals surface area contributed by atoms with Crippen LogP contribution in [0, 0.1) is 0 Å². The number of hydrogen-bond acceptors (Lipinski definition) is 1. The molecule has 2 aromatic rings. The summed E-state index contributed by atoms with van der Waals surface area (Å²) < 4.78 is 0. The van der Waals surface area contributed by atoms with Crippen LogP contribution in [-0.2, 0) is 4.79 Å². The quantitative estimate of drug-likeness (QED) is 0.807. The summed E-state index contributed by atoms with van der Waals surface area (Å²) in [7, 11) is 0. The van der Waals surface area contributed by atoms with Crippen LogP contribution >= 0.6 is 0 Å². The summed E-state index contributed by atoms with van der Waals surface area (Å²) in [5, 5.41) is 2.90. The van der Waals surface area contributed by atoms with Gasteiger partial charge in [-0.15, -0.1) is 0 Å². The smallest absolute Gasteiger partial charge is 0.248 e. The average molecular weight is 235 g/mol. The molecule has 3 rings (SSSR count). The Morgan fingerprint density at radius 3 is 2.44 bits per heavy atom. The number of carbonyl (C=O) groups excluding carboxylic acids is 1. The van der Waals surface area contributed by atoms with E-state index in [0.717, 1.165) is 11.3 Å². The molecule has 2 heteroatoms. The molecule has 1 aliphatic heterocycles. The number of para-hydroxylation sites is 1. The molecule has 1 N–H and O–H groups in total. The Hall–Kier alpha value is -2.35. The van der Waals surface area contributed by atoms with E-state index in [0.29, 0.717) is 0 Å². The SMILES string of the molecule is O=C1C=CC(c2ccccc2)c2ccccc2N1. The topological polar surface area (TPSA) is 29.1 Å². The van der Waals surface area contributed by atoms with Gasteiger partial charge in [0.05, 0.1) is 0 Å². The van der Waals surface area contributed by atoms with Crippen molar-refractivity contribution in [3.8, 4) is 0 Å². The van der Waals surface area contributed by atoms with E-state index in [1.165, 1.54) is 5.56 Å². The Bertz CT molecular complexity index is 602. The molecule has 1 unspecified atom stereocenters. The molecular weight excluding hydrogens is 222 g/mol. The fourth-order valence-corrected chi connectivity index (χ4v) is 2.29. The van der Waals surface area contributed by atoms with E-state index in [1.807, 2.05) is 42.5 Å². The summed E-state index contributed by atoms with van der Waals surface area (Å²) in [6.45, 7) is 0. The third kappa shape index (κ3) is 1.93. The van der Waals surface area contributed by atoms with E-state index in [-0.39, 0.29) is 11.8 Å². The highest BCUT2D eigenvalue weighted by Gasteiger charge is 2.18. The number of anilines is 1. The van der Waals surface area contributed by atoms with E-state index in [9.17, 15) is 4.79 Å². The summed E-state index contributed by atoms with van der Waals surface area (Å²) in [4.78, 5) is 11.6. The second-order valence-electron chi connectivity index (χ2n) is 4.32. The Morgan fingerprint density at radius 1 is 0.889 bits per heavy atom. The lowest BCUT2D eigenvalue weighted by Crippen LogP contribution is -2.07. The second kappa shape index (κ2) is 4.49. The summed E-state index contributed by atoms with van der Waals surface area (Å²) in [6.07, 6.45) is 3.56. The van der Waals surface area contributed by atoms with Crippen LogP contribution in [0.25, 0.3) is 0 Å². The van der Waals surface area contributed by atoms with Crippen molar-refractivity contribution in [3.05, 3.63) is 77.9 Å². The lowest BCUT2D eigenvalue weighted by Gasteiger charge is -2.15. The molecule has 1 heterocycles. The van der Waals surface area contributed by atoms with Crippen LogP contribution in [0.2, 0.25) is 0 Å². The van der Waals surface area contributed by atoms with Crippen LogP contribution < -0.4 is 5.32 Å². The fraction of sp³-hybridized carbons (Fsp3) is 0.0625. The number of allylic oxidation sites excluding steroid dienone is 1. The molecule has 1 atom stereocenters. The lowest BCUT2D eigenvalue weighted by molar-refractivity contribution is -0.111. The van der Waals surface area contributed by atoms with E-state index in [2.05, 4.69) is 23.5 Å². The van der Waals surface area contributed by atoms with Crippen molar-refractivity contribution in [3.63, 3.8) is 0 Å². The van der Waals surface area contributed by atoms with Crippen LogP contribution in [-0.4, -0.2) is 5.91 Å².